The van der Waals surface area contributed by atoms with Gasteiger partial charge in [0.2, 0.25) is 0 Å². The van der Waals surface area contributed by atoms with E-state index in [-0.39, 0.29) is 17.6 Å². The van der Waals surface area contributed by atoms with Gasteiger partial charge in [0.15, 0.2) is 0 Å². The molecular formula is C24H37ClN4O2. The van der Waals surface area contributed by atoms with Crippen molar-refractivity contribution in [2.24, 2.45) is 0 Å². The second-order valence-corrected chi connectivity index (χ2v) is 9.82. The summed E-state index contributed by atoms with van der Waals surface area (Å²) in [6.45, 7) is 7.28. The predicted octanol–water partition coefficient (Wildman–Crippen LogP) is 3.64. The first-order chi connectivity index (χ1) is 15.1. The molecule has 2 saturated heterocycles. The van der Waals surface area contributed by atoms with Gasteiger partial charge in [0.25, 0.3) is 0 Å². The number of halogens is 1. The molecule has 2 N–H and O–H groups in total. The van der Waals surface area contributed by atoms with Gasteiger partial charge in [-0.05, 0) is 43.4 Å². The van der Waals surface area contributed by atoms with Crippen LogP contribution >= 0.6 is 11.6 Å². The fourth-order valence-corrected chi connectivity index (χ4v) is 5.54. The molecule has 172 valence electrons. The Kier molecular flexibility index (Phi) is 8.10. The predicted molar refractivity (Wildman–Crippen MR) is 124 cm³/mol. The Morgan fingerprint density at radius 3 is 2.39 bits per heavy atom. The third-order valence-electron chi connectivity index (χ3n) is 7.29. The first-order valence-corrected chi connectivity index (χ1v) is 12.3. The highest BCUT2D eigenvalue weighted by molar-refractivity contribution is 6.30. The van der Waals surface area contributed by atoms with E-state index in [1.165, 1.54) is 37.7 Å². The summed E-state index contributed by atoms with van der Waals surface area (Å²) in [5, 5.41) is 7.25. The van der Waals surface area contributed by atoms with Crippen LogP contribution in [0.15, 0.2) is 24.3 Å². The van der Waals surface area contributed by atoms with E-state index >= 15 is 0 Å². The largest absolute Gasteiger partial charge is 0.379 e. The van der Waals surface area contributed by atoms with Crippen molar-refractivity contribution in [1.29, 1.82) is 0 Å². The number of piperidine rings is 1. The zero-order chi connectivity index (χ0) is 21.5. The number of urea groups is 1. The van der Waals surface area contributed by atoms with E-state index in [9.17, 15) is 4.79 Å². The zero-order valence-corrected chi connectivity index (χ0v) is 19.3. The van der Waals surface area contributed by atoms with Crippen molar-refractivity contribution in [2.75, 3.05) is 45.9 Å². The van der Waals surface area contributed by atoms with Crippen LogP contribution in [0.3, 0.4) is 0 Å². The van der Waals surface area contributed by atoms with Gasteiger partial charge in [0, 0.05) is 55.9 Å². The number of ether oxygens (including phenoxy) is 1. The lowest BCUT2D eigenvalue weighted by atomic mass is 9.80. The van der Waals surface area contributed by atoms with Gasteiger partial charge >= 0.3 is 6.03 Å². The minimum atomic E-state index is -0.00522. The van der Waals surface area contributed by atoms with E-state index in [1.807, 2.05) is 12.1 Å². The Bertz CT molecular complexity index is 694. The van der Waals surface area contributed by atoms with Gasteiger partial charge in [0.1, 0.15) is 0 Å². The molecule has 0 atom stereocenters. The molecule has 6 nitrogen and oxygen atoms in total. The van der Waals surface area contributed by atoms with Crippen LogP contribution in [0.25, 0.3) is 0 Å². The summed E-state index contributed by atoms with van der Waals surface area (Å²) < 4.78 is 5.56. The molecule has 1 aliphatic carbocycles. The Morgan fingerprint density at radius 2 is 1.71 bits per heavy atom. The molecule has 0 aromatic heterocycles. The molecule has 1 aromatic carbocycles. The Hall–Kier alpha value is -1.34. The molecule has 3 aliphatic rings. The maximum Gasteiger partial charge on any atom is 0.315 e. The summed E-state index contributed by atoms with van der Waals surface area (Å²) in [4.78, 5) is 17.7. The maximum atomic E-state index is 12.7. The first-order valence-electron chi connectivity index (χ1n) is 12.0. The van der Waals surface area contributed by atoms with Crippen LogP contribution in [0.5, 0.6) is 0 Å². The summed E-state index contributed by atoms with van der Waals surface area (Å²) in [6.07, 6.45) is 8.17. The molecule has 1 saturated carbocycles. The molecule has 3 fully saturated rings. The number of hydrogen-bond donors (Lipinski definition) is 2. The van der Waals surface area contributed by atoms with Crippen molar-refractivity contribution < 1.29 is 9.53 Å². The number of carbonyl (C=O) groups excluding carboxylic acids is 1. The number of nitrogens with zero attached hydrogens (tertiary/aromatic N) is 2. The summed E-state index contributed by atoms with van der Waals surface area (Å²) in [5.74, 6) is 0. The van der Waals surface area contributed by atoms with E-state index in [2.05, 4.69) is 32.6 Å². The first kappa shape index (κ1) is 22.8. The van der Waals surface area contributed by atoms with E-state index in [1.54, 1.807) is 0 Å². The highest BCUT2D eigenvalue weighted by Crippen LogP contribution is 2.33. The lowest BCUT2D eigenvalue weighted by Gasteiger charge is -2.48. The Balaban J connectivity index is 1.21. The van der Waals surface area contributed by atoms with Crippen molar-refractivity contribution in [3.8, 4) is 0 Å². The minimum Gasteiger partial charge on any atom is -0.379 e. The summed E-state index contributed by atoms with van der Waals surface area (Å²) in [7, 11) is 0. The number of benzene rings is 1. The van der Waals surface area contributed by atoms with Crippen LogP contribution in [-0.4, -0.2) is 73.3 Å². The van der Waals surface area contributed by atoms with Crippen molar-refractivity contribution in [1.82, 2.24) is 20.4 Å². The average molecular weight is 449 g/mol. The average Bonchev–Trinajstić information content (AvgIpc) is 2.82. The molecule has 7 heteroatoms. The fourth-order valence-electron chi connectivity index (χ4n) is 5.42. The van der Waals surface area contributed by atoms with Gasteiger partial charge in [-0.15, -0.1) is 0 Å². The molecule has 2 heterocycles. The Morgan fingerprint density at radius 1 is 1.03 bits per heavy atom. The number of nitrogens with one attached hydrogen (secondary N) is 2. The monoisotopic (exact) mass is 448 g/mol. The van der Waals surface area contributed by atoms with E-state index in [0.717, 1.165) is 70.3 Å². The van der Waals surface area contributed by atoms with Gasteiger partial charge in [-0.3, -0.25) is 9.80 Å². The van der Waals surface area contributed by atoms with E-state index < -0.39 is 0 Å². The molecule has 4 rings (SSSR count). The molecular weight excluding hydrogens is 412 g/mol. The third kappa shape index (κ3) is 6.35. The van der Waals surface area contributed by atoms with Crippen molar-refractivity contribution in [3.63, 3.8) is 0 Å². The van der Waals surface area contributed by atoms with Crippen molar-refractivity contribution in [3.05, 3.63) is 34.9 Å². The van der Waals surface area contributed by atoms with Crippen LogP contribution in [0, 0.1) is 0 Å². The molecule has 2 amide bonds. The highest BCUT2D eigenvalue weighted by Gasteiger charge is 2.39. The molecule has 0 unspecified atom stereocenters. The van der Waals surface area contributed by atoms with Crippen LogP contribution in [0.4, 0.5) is 4.79 Å². The topological polar surface area (TPSA) is 56.8 Å². The number of rotatable bonds is 6. The second kappa shape index (κ2) is 11.0. The van der Waals surface area contributed by atoms with Crippen molar-refractivity contribution in [2.45, 2.75) is 63.1 Å². The summed E-state index contributed by atoms with van der Waals surface area (Å²) in [6, 6.07) is 8.34. The SMILES string of the molecule is O=C(NCC1(N2CCOCC2)CCCCC1)NC1CCN(Cc2ccc(Cl)cc2)CC1. The van der Waals surface area contributed by atoms with Crippen LogP contribution in [0.2, 0.25) is 5.02 Å². The number of amides is 2. The molecule has 31 heavy (non-hydrogen) atoms. The van der Waals surface area contributed by atoms with Gasteiger partial charge in [0.05, 0.1) is 13.2 Å². The highest BCUT2D eigenvalue weighted by atomic mass is 35.5. The van der Waals surface area contributed by atoms with Crippen LogP contribution in [0.1, 0.15) is 50.5 Å². The van der Waals surface area contributed by atoms with E-state index in [0.29, 0.717) is 0 Å². The molecule has 0 spiro atoms. The molecule has 1 aromatic rings. The van der Waals surface area contributed by atoms with Crippen LogP contribution < -0.4 is 10.6 Å². The van der Waals surface area contributed by atoms with E-state index in [4.69, 9.17) is 16.3 Å². The number of carbonyl (C=O) groups is 1. The quantitative estimate of drug-likeness (QED) is 0.697. The van der Waals surface area contributed by atoms with Gasteiger partial charge in [-0.25, -0.2) is 4.79 Å². The zero-order valence-electron chi connectivity index (χ0n) is 18.6. The Labute approximate surface area is 191 Å². The smallest absolute Gasteiger partial charge is 0.315 e. The lowest BCUT2D eigenvalue weighted by Crippen LogP contribution is -2.60. The molecule has 0 bridgehead atoms. The number of likely N-dealkylation sites (tertiary alicyclic amines) is 1. The third-order valence-corrected chi connectivity index (χ3v) is 7.54. The minimum absolute atomic E-state index is 0.00522. The lowest BCUT2D eigenvalue weighted by molar-refractivity contribution is -0.0357. The van der Waals surface area contributed by atoms with Gasteiger partial charge in [-0.1, -0.05) is 43.0 Å². The van der Waals surface area contributed by atoms with Crippen LogP contribution in [-0.2, 0) is 11.3 Å². The standard InChI is InChI=1S/C24H37ClN4O2/c25-21-6-4-20(5-7-21)18-28-12-8-22(9-13-28)27-23(30)26-19-24(10-2-1-3-11-24)29-14-16-31-17-15-29/h4-7,22H,1-3,8-19H2,(H2,26,27,30). The number of hydrogen-bond acceptors (Lipinski definition) is 4. The normalized spacial score (nSPS) is 23.4. The summed E-state index contributed by atoms with van der Waals surface area (Å²) >= 11 is 5.98. The second-order valence-electron chi connectivity index (χ2n) is 9.39. The van der Waals surface area contributed by atoms with Gasteiger partial charge < -0.3 is 15.4 Å². The number of morpholine rings is 1. The summed E-state index contributed by atoms with van der Waals surface area (Å²) in [5.41, 5.74) is 1.40. The molecule has 2 aliphatic heterocycles. The van der Waals surface area contributed by atoms with Crippen molar-refractivity contribution >= 4 is 17.6 Å². The van der Waals surface area contributed by atoms with Gasteiger partial charge in [-0.2, -0.15) is 0 Å². The maximum absolute atomic E-state index is 12.7. The molecule has 0 radical (unpaired) electrons. The fraction of sp³-hybridized carbons (Fsp3) is 0.708.